The Bertz CT molecular complexity index is 1220. The van der Waals surface area contributed by atoms with Gasteiger partial charge in [0.15, 0.2) is 8.32 Å². The predicted octanol–water partition coefficient (Wildman–Crippen LogP) is 6.03. The predicted molar refractivity (Wildman–Crippen MR) is 121 cm³/mol. The van der Waals surface area contributed by atoms with Crippen molar-refractivity contribution >= 4 is 8.32 Å². The maximum Gasteiger partial charge on any atom is 0.417 e. The van der Waals surface area contributed by atoms with E-state index in [0.717, 1.165) is 16.7 Å². The highest BCUT2D eigenvalue weighted by Gasteiger charge is 2.66. The minimum Gasteiger partial charge on any atom is -0.494 e. The molecule has 1 aromatic heterocycles. The lowest BCUT2D eigenvalue weighted by molar-refractivity contribution is -0.137. The molecule has 6 nitrogen and oxygen atoms in total. The molecule has 1 fully saturated rings. The van der Waals surface area contributed by atoms with Crippen LogP contribution in [-0.4, -0.2) is 29.2 Å². The number of nitriles is 1. The summed E-state index contributed by atoms with van der Waals surface area (Å²) in [5.41, 5.74) is -3.20. The molecule has 3 heterocycles. The lowest BCUT2D eigenvalue weighted by Gasteiger charge is -2.42. The molecule has 1 aromatic carbocycles. The van der Waals surface area contributed by atoms with Crippen molar-refractivity contribution in [2.24, 2.45) is 0 Å². The van der Waals surface area contributed by atoms with Gasteiger partial charge < -0.3 is 19.4 Å². The molecule has 2 aliphatic rings. The largest absolute Gasteiger partial charge is 0.494 e. The number of nitrogens with zero attached hydrogens (tertiary/aromatic N) is 2. The van der Waals surface area contributed by atoms with Crippen LogP contribution in [0.3, 0.4) is 0 Å². The molecule has 2 aliphatic heterocycles. The van der Waals surface area contributed by atoms with Gasteiger partial charge in [-0.2, -0.15) is 18.4 Å². The Morgan fingerprint density at radius 3 is 2.26 bits per heavy atom. The van der Waals surface area contributed by atoms with Gasteiger partial charge in [-0.15, -0.1) is 0 Å². The molecule has 3 atom stereocenters. The van der Waals surface area contributed by atoms with Crippen LogP contribution in [0.4, 0.5) is 13.2 Å². The summed E-state index contributed by atoms with van der Waals surface area (Å²) in [5, 5.41) is 31.3. The number of rotatable bonds is 3. The molecule has 4 rings (SSSR count). The van der Waals surface area contributed by atoms with E-state index in [1.54, 1.807) is 13.8 Å². The lowest BCUT2D eigenvalue weighted by Crippen LogP contribution is -2.48. The van der Waals surface area contributed by atoms with E-state index in [1.165, 1.54) is 12.1 Å². The van der Waals surface area contributed by atoms with Crippen LogP contribution in [0.1, 0.15) is 63.3 Å². The van der Waals surface area contributed by atoms with Crippen LogP contribution in [0.15, 0.2) is 18.2 Å². The third-order valence-corrected chi connectivity index (χ3v) is 12.2. The molecule has 0 spiro atoms. The van der Waals surface area contributed by atoms with E-state index in [0.29, 0.717) is 17.5 Å². The number of halogens is 3. The van der Waals surface area contributed by atoms with Gasteiger partial charge in [-0.1, -0.05) is 20.8 Å². The van der Waals surface area contributed by atoms with Crippen LogP contribution in [-0.2, 0) is 26.5 Å². The van der Waals surface area contributed by atoms with E-state index in [2.05, 4.69) is 33.9 Å². The molecule has 0 saturated carbocycles. The van der Waals surface area contributed by atoms with Crippen LogP contribution in [0.2, 0.25) is 18.1 Å². The van der Waals surface area contributed by atoms with Gasteiger partial charge in [0.2, 0.25) is 11.8 Å². The number of benzene rings is 1. The zero-order valence-corrected chi connectivity index (χ0v) is 21.3. The van der Waals surface area contributed by atoms with Crippen molar-refractivity contribution < 1.29 is 32.5 Å². The molecule has 184 valence electrons. The van der Waals surface area contributed by atoms with Crippen LogP contribution in [0, 0.1) is 11.3 Å². The number of fused-ring (bicyclic) bond motifs is 5. The van der Waals surface area contributed by atoms with Crippen molar-refractivity contribution in [2.45, 2.75) is 82.7 Å². The fourth-order valence-electron chi connectivity index (χ4n) is 4.94. The Hall–Kier alpha value is -2.48. The van der Waals surface area contributed by atoms with Crippen LogP contribution in [0.25, 0.3) is 5.69 Å². The summed E-state index contributed by atoms with van der Waals surface area (Å²) in [6.07, 6.45) is -4.75. The number of alkyl halides is 3. The third kappa shape index (κ3) is 3.28. The van der Waals surface area contributed by atoms with Gasteiger partial charge in [0.05, 0.1) is 45.7 Å². The summed E-state index contributed by atoms with van der Waals surface area (Å²) in [4.78, 5) is 0. The van der Waals surface area contributed by atoms with E-state index >= 15 is 0 Å². The second kappa shape index (κ2) is 7.03. The molecule has 0 unspecified atom stereocenters. The molecular weight excluding hydrogens is 465 g/mol. The van der Waals surface area contributed by atoms with E-state index in [1.807, 2.05) is 0 Å². The first-order valence-corrected chi connectivity index (χ1v) is 14.0. The molecule has 0 radical (unpaired) electrons. The van der Waals surface area contributed by atoms with Gasteiger partial charge in [-0.25, -0.2) is 0 Å². The Kier molecular flexibility index (Phi) is 5.09. The first-order chi connectivity index (χ1) is 15.4. The van der Waals surface area contributed by atoms with Gasteiger partial charge in [0.25, 0.3) is 0 Å². The minimum absolute atomic E-state index is 0.0679. The number of ether oxygens (including phenoxy) is 1. The van der Waals surface area contributed by atoms with Crippen molar-refractivity contribution in [3.8, 4) is 23.5 Å². The molecule has 0 amide bonds. The molecule has 34 heavy (non-hydrogen) atoms. The lowest BCUT2D eigenvalue weighted by atomic mass is 9.78. The molecule has 2 N–H and O–H groups in total. The van der Waals surface area contributed by atoms with Crippen LogP contribution in [0.5, 0.6) is 11.8 Å². The van der Waals surface area contributed by atoms with Gasteiger partial charge >= 0.3 is 6.18 Å². The normalized spacial score (nSPS) is 26.6. The van der Waals surface area contributed by atoms with Crippen molar-refractivity contribution in [3.63, 3.8) is 0 Å². The number of aromatic nitrogens is 1. The summed E-state index contributed by atoms with van der Waals surface area (Å²) in [7, 11) is -2.22. The average molecular weight is 495 g/mol. The fraction of sp³-hybridized carbons (Fsp3) is 0.542. The smallest absolute Gasteiger partial charge is 0.417 e. The minimum atomic E-state index is -4.77. The van der Waals surface area contributed by atoms with Gasteiger partial charge in [0.1, 0.15) is 5.60 Å². The summed E-state index contributed by atoms with van der Waals surface area (Å²) in [6, 6.07) is 4.58. The van der Waals surface area contributed by atoms with Crippen LogP contribution >= 0.6 is 0 Å². The number of hydrogen-bond acceptors (Lipinski definition) is 5. The van der Waals surface area contributed by atoms with E-state index < -0.39 is 48.8 Å². The van der Waals surface area contributed by atoms with Crippen molar-refractivity contribution in [3.05, 3.63) is 40.5 Å². The van der Waals surface area contributed by atoms with Crippen molar-refractivity contribution in [1.29, 1.82) is 5.26 Å². The Balaban J connectivity index is 1.86. The zero-order chi connectivity index (χ0) is 25.6. The average Bonchev–Trinajstić information content (AvgIpc) is 3.20. The highest BCUT2D eigenvalue weighted by Crippen LogP contribution is 2.65. The van der Waals surface area contributed by atoms with Crippen molar-refractivity contribution in [2.75, 3.05) is 0 Å². The monoisotopic (exact) mass is 494 g/mol. The topological polar surface area (TPSA) is 87.6 Å². The molecule has 0 aliphatic carbocycles. The highest BCUT2D eigenvalue weighted by atomic mass is 28.4. The number of aromatic hydroxyl groups is 2. The van der Waals surface area contributed by atoms with E-state index in [4.69, 9.17) is 14.4 Å². The standard InChI is InChI=1S/C24H29F3N2O4Si/c1-21(2,3)34(6,7)32-16-11-22(4)17-18(23(16,5)33-22)20(31)29(19(17)30)14-9-8-13(12-28)15(10-14)24(25,26)27/h8-10,16,30-31H,11H2,1-7H3/t16-,22-,23+/m1/s1. The number of hydrogen-bond donors (Lipinski definition) is 2. The zero-order valence-electron chi connectivity index (χ0n) is 20.3. The first kappa shape index (κ1) is 24.6. The maximum atomic E-state index is 13.5. The molecule has 2 aromatic rings. The maximum absolute atomic E-state index is 13.5. The fourth-order valence-corrected chi connectivity index (χ4v) is 6.32. The second-order valence-corrected chi connectivity index (χ2v) is 15.8. The van der Waals surface area contributed by atoms with Gasteiger partial charge in [0, 0.05) is 6.42 Å². The summed E-state index contributed by atoms with van der Waals surface area (Å²) >= 11 is 0. The Morgan fingerprint density at radius 1 is 1.15 bits per heavy atom. The summed E-state index contributed by atoms with van der Waals surface area (Å²) in [5.74, 6) is -0.789. The SMILES string of the molecule is CC(C)(C)[Si](C)(C)O[C@@H]1C[C@@]2(C)O[C@]1(C)c1c2c(O)n(-c2ccc(C#N)c(C(F)(F)F)c2)c1O. The summed E-state index contributed by atoms with van der Waals surface area (Å²) < 4.78 is 54.6. The highest BCUT2D eigenvalue weighted by molar-refractivity contribution is 6.74. The van der Waals surface area contributed by atoms with Gasteiger partial charge in [-0.3, -0.25) is 4.57 Å². The van der Waals surface area contributed by atoms with Crippen molar-refractivity contribution in [1.82, 2.24) is 4.57 Å². The first-order valence-electron chi connectivity index (χ1n) is 11.0. The molecule has 1 saturated heterocycles. The molecule has 10 heteroatoms. The van der Waals surface area contributed by atoms with Crippen LogP contribution < -0.4 is 0 Å². The Morgan fingerprint density at radius 2 is 1.74 bits per heavy atom. The quantitative estimate of drug-likeness (QED) is 0.509. The molecule has 2 bridgehead atoms. The second-order valence-electron chi connectivity index (χ2n) is 11.1. The van der Waals surface area contributed by atoms with E-state index in [-0.39, 0.29) is 16.6 Å². The van der Waals surface area contributed by atoms with Gasteiger partial charge in [-0.05, 0) is 50.2 Å². The third-order valence-electron chi connectivity index (χ3n) is 7.70. The van der Waals surface area contributed by atoms with E-state index in [9.17, 15) is 23.4 Å². The Labute approximate surface area is 197 Å². The summed E-state index contributed by atoms with van der Waals surface area (Å²) in [6.45, 7) is 14.1. The molecular formula is C24H29F3N2O4Si.